The van der Waals surface area contributed by atoms with Crippen molar-refractivity contribution in [2.75, 3.05) is 6.54 Å². The normalized spacial score (nSPS) is 10.9. The fraction of sp³-hybridized carbons (Fsp3) is 0.400. The maximum atomic E-state index is 6.37. The minimum Gasteiger partial charge on any atom is -0.313 e. The maximum absolute atomic E-state index is 6.37. The van der Waals surface area contributed by atoms with E-state index < -0.39 is 0 Å². The molecule has 0 aliphatic rings. The molecule has 0 unspecified atom stereocenters. The van der Waals surface area contributed by atoms with Gasteiger partial charge in [-0.2, -0.15) is 5.10 Å². The molecule has 0 aliphatic carbocycles. The fourth-order valence-electron chi connectivity index (χ4n) is 2.11. The van der Waals surface area contributed by atoms with Crippen LogP contribution in [0.15, 0.2) is 24.3 Å². The lowest BCUT2D eigenvalue weighted by atomic mass is 10.2. The second-order valence-corrected chi connectivity index (χ2v) is 5.21. The molecule has 0 radical (unpaired) electrons. The van der Waals surface area contributed by atoms with Gasteiger partial charge in [0.1, 0.15) is 0 Å². The molecule has 1 heterocycles. The Hall–Kier alpha value is -1.32. The Morgan fingerprint density at radius 3 is 2.63 bits per heavy atom. The third-order valence-corrected chi connectivity index (χ3v) is 3.31. The van der Waals surface area contributed by atoms with Crippen molar-refractivity contribution in [1.29, 1.82) is 0 Å². The summed E-state index contributed by atoms with van der Waals surface area (Å²) in [6.45, 7) is 8.06. The first kappa shape index (κ1) is 14.1. The summed E-state index contributed by atoms with van der Waals surface area (Å²) in [4.78, 5) is 0. The number of hydrogen-bond donors (Lipinski definition) is 1. The number of aryl methyl sites for hydroxylation is 2. The van der Waals surface area contributed by atoms with E-state index in [0.717, 1.165) is 41.6 Å². The Labute approximate surface area is 119 Å². The van der Waals surface area contributed by atoms with Crippen molar-refractivity contribution in [3.63, 3.8) is 0 Å². The van der Waals surface area contributed by atoms with Crippen molar-refractivity contribution in [2.45, 2.75) is 33.7 Å². The molecule has 3 nitrogen and oxygen atoms in total. The summed E-state index contributed by atoms with van der Waals surface area (Å²) >= 11 is 6.37. The van der Waals surface area contributed by atoms with E-state index in [9.17, 15) is 0 Å². The van der Waals surface area contributed by atoms with E-state index in [2.05, 4.69) is 23.4 Å². The zero-order valence-electron chi connectivity index (χ0n) is 11.7. The van der Waals surface area contributed by atoms with E-state index in [4.69, 9.17) is 11.6 Å². The van der Waals surface area contributed by atoms with E-state index in [0.29, 0.717) is 0 Å². The number of hydrogen-bond acceptors (Lipinski definition) is 2. The van der Waals surface area contributed by atoms with Gasteiger partial charge in [0.05, 0.1) is 16.4 Å². The molecule has 0 spiro atoms. The summed E-state index contributed by atoms with van der Waals surface area (Å²) < 4.78 is 1.89. The van der Waals surface area contributed by atoms with Gasteiger partial charge in [0.15, 0.2) is 0 Å². The van der Waals surface area contributed by atoms with Crippen LogP contribution >= 0.6 is 11.6 Å². The van der Waals surface area contributed by atoms with Gasteiger partial charge in [-0.3, -0.25) is 0 Å². The largest absolute Gasteiger partial charge is 0.313 e. The molecule has 1 aromatic carbocycles. The highest BCUT2D eigenvalue weighted by Crippen LogP contribution is 2.23. The van der Waals surface area contributed by atoms with Gasteiger partial charge in [-0.05, 0) is 50.6 Å². The highest BCUT2D eigenvalue weighted by Gasteiger charge is 2.08. The molecule has 4 heteroatoms. The topological polar surface area (TPSA) is 29.9 Å². The van der Waals surface area contributed by atoms with Crippen molar-refractivity contribution < 1.29 is 0 Å². The van der Waals surface area contributed by atoms with Crippen LogP contribution < -0.4 is 5.32 Å². The van der Waals surface area contributed by atoms with Crippen molar-refractivity contribution in [1.82, 2.24) is 15.1 Å². The van der Waals surface area contributed by atoms with E-state index in [1.807, 2.05) is 36.7 Å². The van der Waals surface area contributed by atoms with Gasteiger partial charge in [-0.25, -0.2) is 4.68 Å². The molecule has 0 saturated carbocycles. The molecule has 0 amide bonds. The highest BCUT2D eigenvalue weighted by molar-refractivity contribution is 6.32. The van der Waals surface area contributed by atoms with Crippen LogP contribution in [0.25, 0.3) is 5.69 Å². The first-order valence-corrected chi connectivity index (χ1v) is 7.02. The van der Waals surface area contributed by atoms with Gasteiger partial charge >= 0.3 is 0 Å². The molecule has 0 fully saturated rings. The van der Waals surface area contributed by atoms with Gasteiger partial charge in [0.25, 0.3) is 0 Å². The van der Waals surface area contributed by atoms with Crippen molar-refractivity contribution >= 4 is 11.6 Å². The molecule has 0 atom stereocenters. The molecule has 1 aromatic heterocycles. The summed E-state index contributed by atoms with van der Waals surface area (Å²) in [5.41, 5.74) is 4.23. The zero-order chi connectivity index (χ0) is 13.8. The quantitative estimate of drug-likeness (QED) is 0.846. The number of nitrogens with zero attached hydrogens (tertiary/aromatic N) is 2. The van der Waals surface area contributed by atoms with E-state index in [1.54, 1.807) is 0 Å². The van der Waals surface area contributed by atoms with Crippen LogP contribution in [-0.4, -0.2) is 16.3 Å². The van der Waals surface area contributed by atoms with E-state index in [-0.39, 0.29) is 0 Å². The van der Waals surface area contributed by atoms with Crippen LogP contribution in [0, 0.1) is 13.8 Å². The molecule has 102 valence electrons. The van der Waals surface area contributed by atoms with Crippen LogP contribution in [0.1, 0.15) is 30.3 Å². The molecular weight excluding hydrogens is 258 g/mol. The molecule has 19 heavy (non-hydrogen) atoms. The van der Waals surface area contributed by atoms with Gasteiger partial charge in [-0.15, -0.1) is 0 Å². The average molecular weight is 278 g/mol. The van der Waals surface area contributed by atoms with Crippen LogP contribution in [0.4, 0.5) is 0 Å². The Balaban J connectivity index is 2.22. The van der Waals surface area contributed by atoms with Gasteiger partial charge < -0.3 is 5.32 Å². The number of benzene rings is 1. The van der Waals surface area contributed by atoms with Gasteiger partial charge in [-0.1, -0.05) is 24.6 Å². The highest BCUT2D eigenvalue weighted by atomic mass is 35.5. The summed E-state index contributed by atoms with van der Waals surface area (Å²) in [5.74, 6) is 0. The first-order valence-electron chi connectivity index (χ1n) is 6.64. The monoisotopic (exact) mass is 277 g/mol. The maximum Gasteiger partial charge on any atom is 0.0835 e. The SMILES string of the molecule is CCCNCc1ccc(-n2nc(C)cc2C)c(Cl)c1. The van der Waals surface area contributed by atoms with Crippen molar-refractivity contribution in [3.8, 4) is 5.69 Å². The molecule has 0 bridgehead atoms. The second-order valence-electron chi connectivity index (χ2n) is 4.80. The predicted octanol–water partition coefficient (Wildman–Crippen LogP) is 3.64. The molecule has 2 rings (SSSR count). The summed E-state index contributed by atoms with van der Waals surface area (Å²) in [7, 11) is 0. The fourth-order valence-corrected chi connectivity index (χ4v) is 2.40. The van der Waals surface area contributed by atoms with Crippen LogP contribution in [-0.2, 0) is 6.54 Å². The Bertz CT molecular complexity index is 561. The Kier molecular flexibility index (Phi) is 4.61. The van der Waals surface area contributed by atoms with Crippen LogP contribution in [0.3, 0.4) is 0 Å². The smallest absolute Gasteiger partial charge is 0.0835 e. The van der Waals surface area contributed by atoms with Crippen molar-refractivity contribution in [3.05, 3.63) is 46.2 Å². The minimum atomic E-state index is 0.738. The molecule has 1 N–H and O–H groups in total. The number of halogens is 1. The second kappa shape index (κ2) is 6.22. The summed E-state index contributed by atoms with van der Waals surface area (Å²) in [6.07, 6.45) is 1.14. The molecule has 0 aliphatic heterocycles. The minimum absolute atomic E-state index is 0.738. The summed E-state index contributed by atoms with van der Waals surface area (Å²) in [5, 5.41) is 8.57. The average Bonchev–Trinajstić information content (AvgIpc) is 2.69. The van der Waals surface area contributed by atoms with Gasteiger partial charge in [0, 0.05) is 12.2 Å². The summed E-state index contributed by atoms with van der Waals surface area (Å²) in [6, 6.07) is 8.19. The third kappa shape index (κ3) is 3.37. The molecule has 2 aromatic rings. The standard InChI is InChI=1S/C15H20ClN3/c1-4-7-17-10-13-5-6-15(14(16)9-13)19-12(3)8-11(2)18-19/h5-6,8-9,17H,4,7,10H2,1-3H3. The van der Waals surface area contributed by atoms with E-state index >= 15 is 0 Å². The Morgan fingerprint density at radius 1 is 1.26 bits per heavy atom. The van der Waals surface area contributed by atoms with E-state index in [1.165, 1.54) is 5.56 Å². The van der Waals surface area contributed by atoms with Crippen LogP contribution in [0.2, 0.25) is 5.02 Å². The molecule has 0 saturated heterocycles. The predicted molar refractivity (Wildman–Crippen MR) is 80.0 cm³/mol. The molecular formula is C15H20ClN3. The lowest BCUT2D eigenvalue weighted by Crippen LogP contribution is -2.13. The lowest BCUT2D eigenvalue weighted by Gasteiger charge is -2.09. The first-order chi connectivity index (χ1) is 9.11. The van der Waals surface area contributed by atoms with Crippen LogP contribution in [0.5, 0.6) is 0 Å². The van der Waals surface area contributed by atoms with Crippen molar-refractivity contribution in [2.24, 2.45) is 0 Å². The number of aromatic nitrogens is 2. The Morgan fingerprint density at radius 2 is 2.05 bits per heavy atom. The zero-order valence-corrected chi connectivity index (χ0v) is 12.5. The lowest BCUT2D eigenvalue weighted by molar-refractivity contribution is 0.675. The third-order valence-electron chi connectivity index (χ3n) is 3.01. The number of rotatable bonds is 5. The number of nitrogens with one attached hydrogen (secondary N) is 1. The van der Waals surface area contributed by atoms with Gasteiger partial charge in [0.2, 0.25) is 0 Å².